The van der Waals surface area contributed by atoms with E-state index in [9.17, 15) is 17.6 Å². The van der Waals surface area contributed by atoms with Crippen molar-refractivity contribution in [1.82, 2.24) is 14.9 Å². The van der Waals surface area contributed by atoms with Gasteiger partial charge in [-0.2, -0.15) is 0 Å². The van der Waals surface area contributed by atoms with Crippen LogP contribution in [-0.2, 0) is 14.6 Å². The van der Waals surface area contributed by atoms with Crippen molar-refractivity contribution >= 4 is 27.5 Å². The number of benzene rings is 1. The molecule has 2 aromatic rings. The number of nitrogens with one attached hydrogen (secondary N) is 1. The van der Waals surface area contributed by atoms with E-state index in [1.807, 2.05) is 13.8 Å². The van der Waals surface area contributed by atoms with Crippen molar-refractivity contribution in [2.45, 2.75) is 43.9 Å². The van der Waals surface area contributed by atoms with Crippen molar-refractivity contribution in [1.29, 1.82) is 0 Å². The lowest BCUT2D eigenvalue weighted by Crippen LogP contribution is -2.47. The number of hydrogen-bond acceptors (Lipinski definition) is 5. The van der Waals surface area contributed by atoms with E-state index in [2.05, 4.69) is 9.97 Å². The number of amides is 1. The molecule has 1 N–H and O–H groups in total. The normalized spacial score (nSPS) is 19.5. The van der Waals surface area contributed by atoms with Crippen LogP contribution in [0.25, 0.3) is 11.3 Å². The molecule has 2 atom stereocenters. The van der Waals surface area contributed by atoms with E-state index in [0.29, 0.717) is 11.6 Å². The standard InChI is InChI=1S/C19H24FN3O3S2/c1-3-13(2)23(16-8-9-28(25,26)12-16)18(24)11-27-19-21-10-17(22-19)14-4-6-15(20)7-5-14/h4-7,10,13,16H,3,8-9,11-12H2,1-2H3,(H,21,22)/t13-,16+/m1/s1. The van der Waals surface area contributed by atoms with Gasteiger partial charge in [0.2, 0.25) is 5.91 Å². The number of imidazole rings is 1. The molecule has 6 nitrogen and oxygen atoms in total. The fraction of sp³-hybridized carbons (Fsp3) is 0.474. The second kappa shape index (κ2) is 8.65. The first-order valence-electron chi connectivity index (χ1n) is 9.24. The lowest BCUT2D eigenvalue weighted by Gasteiger charge is -2.33. The Morgan fingerprint density at radius 2 is 2.11 bits per heavy atom. The Labute approximate surface area is 168 Å². The van der Waals surface area contributed by atoms with Gasteiger partial charge < -0.3 is 9.88 Å². The minimum atomic E-state index is -3.06. The summed E-state index contributed by atoms with van der Waals surface area (Å²) in [7, 11) is -3.06. The van der Waals surface area contributed by atoms with Crippen molar-refractivity contribution in [2.24, 2.45) is 0 Å². The molecule has 0 aliphatic carbocycles. The highest BCUT2D eigenvalue weighted by atomic mass is 32.2. The molecular formula is C19H24FN3O3S2. The average Bonchev–Trinajstić information content (AvgIpc) is 3.27. The molecule has 0 radical (unpaired) electrons. The SMILES string of the molecule is CC[C@@H](C)N(C(=O)CSc1ncc(-c2ccc(F)cc2)[nH]1)[C@H]1CCS(=O)(=O)C1. The lowest BCUT2D eigenvalue weighted by atomic mass is 10.1. The fourth-order valence-corrected chi connectivity index (χ4v) is 5.79. The highest BCUT2D eigenvalue weighted by Gasteiger charge is 2.36. The number of halogens is 1. The Morgan fingerprint density at radius 1 is 1.39 bits per heavy atom. The van der Waals surface area contributed by atoms with Crippen LogP contribution in [0.2, 0.25) is 0 Å². The molecule has 1 aliphatic heterocycles. The number of nitrogens with zero attached hydrogens (tertiary/aromatic N) is 2. The summed E-state index contributed by atoms with van der Waals surface area (Å²) in [5.41, 5.74) is 1.56. The molecule has 1 amide bonds. The van der Waals surface area contributed by atoms with E-state index < -0.39 is 9.84 Å². The first-order chi connectivity index (χ1) is 13.3. The summed E-state index contributed by atoms with van der Waals surface area (Å²) in [6.07, 6.45) is 2.91. The number of aromatic nitrogens is 2. The van der Waals surface area contributed by atoms with E-state index in [1.165, 1.54) is 23.9 Å². The van der Waals surface area contributed by atoms with Gasteiger partial charge in [0, 0.05) is 12.1 Å². The van der Waals surface area contributed by atoms with Crippen molar-refractivity contribution in [2.75, 3.05) is 17.3 Å². The number of rotatable bonds is 7. The summed E-state index contributed by atoms with van der Waals surface area (Å²) in [5, 5.41) is 0.593. The number of carbonyl (C=O) groups excluding carboxylic acids is 1. The maximum atomic E-state index is 13.1. The second-order valence-electron chi connectivity index (χ2n) is 7.01. The average molecular weight is 426 g/mol. The molecule has 1 aliphatic rings. The number of aromatic amines is 1. The van der Waals surface area contributed by atoms with Crippen LogP contribution in [0.1, 0.15) is 26.7 Å². The van der Waals surface area contributed by atoms with Gasteiger partial charge in [0.1, 0.15) is 5.82 Å². The molecule has 0 unspecified atom stereocenters. The van der Waals surface area contributed by atoms with Gasteiger partial charge in [-0.25, -0.2) is 17.8 Å². The maximum absolute atomic E-state index is 13.1. The number of carbonyl (C=O) groups is 1. The summed E-state index contributed by atoms with van der Waals surface area (Å²) < 4.78 is 36.7. The number of H-pyrrole nitrogens is 1. The van der Waals surface area contributed by atoms with Crippen LogP contribution in [0, 0.1) is 5.82 Å². The Kier molecular flexibility index (Phi) is 6.44. The van der Waals surface area contributed by atoms with Crippen LogP contribution < -0.4 is 0 Å². The molecule has 1 aromatic carbocycles. The Balaban J connectivity index is 1.65. The molecule has 1 aromatic heterocycles. The highest BCUT2D eigenvalue weighted by Crippen LogP contribution is 2.25. The molecule has 0 saturated carbocycles. The van der Waals surface area contributed by atoms with Crippen LogP contribution in [0.15, 0.2) is 35.6 Å². The third-order valence-electron chi connectivity index (χ3n) is 5.00. The number of thioether (sulfide) groups is 1. The number of hydrogen-bond donors (Lipinski definition) is 1. The van der Waals surface area contributed by atoms with Crippen LogP contribution in [0.5, 0.6) is 0 Å². The molecule has 152 valence electrons. The van der Waals surface area contributed by atoms with Gasteiger partial charge in [-0.15, -0.1) is 0 Å². The molecular weight excluding hydrogens is 401 g/mol. The van der Waals surface area contributed by atoms with Crippen molar-refractivity contribution in [3.8, 4) is 11.3 Å². The molecule has 0 bridgehead atoms. The van der Waals surface area contributed by atoms with Gasteiger partial charge in [0.05, 0.1) is 29.1 Å². The topological polar surface area (TPSA) is 83.1 Å². The summed E-state index contributed by atoms with van der Waals surface area (Å²) in [4.78, 5) is 22.0. The zero-order valence-electron chi connectivity index (χ0n) is 15.9. The van der Waals surface area contributed by atoms with E-state index in [1.54, 1.807) is 23.2 Å². The monoisotopic (exact) mass is 425 g/mol. The quantitative estimate of drug-likeness (QED) is 0.689. The largest absolute Gasteiger partial charge is 0.335 e. The Morgan fingerprint density at radius 3 is 2.71 bits per heavy atom. The Bertz CT molecular complexity index is 928. The molecule has 1 fully saturated rings. The minimum Gasteiger partial charge on any atom is -0.335 e. The van der Waals surface area contributed by atoms with Crippen LogP contribution in [-0.4, -0.2) is 58.5 Å². The van der Waals surface area contributed by atoms with E-state index in [-0.39, 0.29) is 41.1 Å². The minimum absolute atomic E-state index is 0.0159. The molecule has 2 heterocycles. The summed E-state index contributed by atoms with van der Waals surface area (Å²) in [6, 6.07) is 5.82. The second-order valence-corrected chi connectivity index (χ2v) is 10.2. The molecule has 3 rings (SSSR count). The maximum Gasteiger partial charge on any atom is 0.233 e. The first-order valence-corrected chi connectivity index (χ1v) is 12.0. The zero-order valence-corrected chi connectivity index (χ0v) is 17.5. The van der Waals surface area contributed by atoms with Crippen LogP contribution in [0.4, 0.5) is 4.39 Å². The fourth-order valence-electron chi connectivity index (χ4n) is 3.36. The van der Waals surface area contributed by atoms with Crippen molar-refractivity contribution < 1.29 is 17.6 Å². The smallest absolute Gasteiger partial charge is 0.233 e. The number of sulfone groups is 1. The molecule has 0 spiro atoms. The third-order valence-corrected chi connectivity index (χ3v) is 7.62. The predicted molar refractivity (Wildman–Crippen MR) is 108 cm³/mol. The van der Waals surface area contributed by atoms with Crippen molar-refractivity contribution in [3.63, 3.8) is 0 Å². The zero-order chi connectivity index (χ0) is 20.3. The van der Waals surface area contributed by atoms with Gasteiger partial charge >= 0.3 is 0 Å². The van der Waals surface area contributed by atoms with Gasteiger partial charge in [-0.3, -0.25) is 4.79 Å². The van der Waals surface area contributed by atoms with Gasteiger partial charge in [-0.1, -0.05) is 18.7 Å². The van der Waals surface area contributed by atoms with Gasteiger partial charge in [-0.05, 0) is 49.6 Å². The Hall–Kier alpha value is -1.87. The van der Waals surface area contributed by atoms with Gasteiger partial charge in [0.25, 0.3) is 0 Å². The van der Waals surface area contributed by atoms with Crippen LogP contribution in [0.3, 0.4) is 0 Å². The lowest BCUT2D eigenvalue weighted by molar-refractivity contribution is -0.132. The van der Waals surface area contributed by atoms with Crippen LogP contribution >= 0.6 is 11.8 Å². The molecule has 1 saturated heterocycles. The highest BCUT2D eigenvalue weighted by molar-refractivity contribution is 7.99. The van der Waals surface area contributed by atoms with E-state index in [4.69, 9.17) is 0 Å². The summed E-state index contributed by atoms with van der Waals surface area (Å²) >= 11 is 1.28. The molecule has 9 heteroatoms. The predicted octanol–water partition coefficient (Wildman–Crippen LogP) is 3.12. The molecule has 28 heavy (non-hydrogen) atoms. The van der Waals surface area contributed by atoms with Crippen molar-refractivity contribution in [3.05, 3.63) is 36.3 Å². The first kappa shape index (κ1) is 20.9. The third kappa shape index (κ3) is 4.94. The summed E-state index contributed by atoms with van der Waals surface area (Å²) in [5.74, 6) is -0.0197. The van der Waals surface area contributed by atoms with E-state index >= 15 is 0 Å². The van der Waals surface area contributed by atoms with E-state index in [0.717, 1.165) is 17.7 Å². The van der Waals surface area contributed by atoms with Gasteiger partial charge in [0.15, 0.2) is 15.0 Å². The summed E-state index contributed by atoms with van der Waals surface area (Å²) in [6.45, 7) is 3.94.